The van der Waals surface area contributed by atoms with E-state index >= 15 is 0 Å². The number of hydrogen-bond donors (Lipinski definition) is 0. The van der Waals surface area contributed by atoms with E-state index in [0.29, 0.717) is 6.61 Å². The van der Waals surface area contributed by atoms with Crippen LogP contribution in [0.2, 0.25) is 0 Å². The Kier molecular flexibility index (Phi) is 5.29. The first-order valence-electron chi connectivity index (χ1n) is 5.14. The molecule has 0 saturated carbocycles. The standard InChI is InChI=1S/C13H16O3/c1-11(8-9-13(14)15-2)16-10-12-6-4-3-5-7-12/h3-9,11H,10H2,1-2H3/b9-8-/t11-/m1/s1. The molecule has 3 nitrogen and oxygen atoms in total. The molecule has 0 spiro atoms. The minimum Gasteiger partial charge on any atom is -0.466 e. The summed E-state index contributed by atoms with van der Waals surface area (Å²) in [5.74, 6) is -0.366. The molecule has 0 bridgehead atoms. The van der Waals surface area contributed by atoms with Gasteiger partial charge in [0.25, 0.3) is 0 Å². The van der Waals surface area contributed by atoms with Crippen molar-refractivity contribution in [1.82, 2.24) is 0 Å². The lowest BCUT2D eigenvalue weighted by Gasteiger charge is -2.08. The van der Waals surface area contributed by atoms with Gasteiger partial charge in [0.15, 0.2) is 0 Å². The van der Waals surface area contributed by atoms with Crippen LogP contribution in [0.1, 0.15) is 12.5 Å². The highest BCUT2D eigenvalue weighted by molar-refractivity contribution is 5.81. The van der Waals surface area contributed by atoms with Crippen molar-refractivity contribution in [2.24, 2.45) is 0 Å². The number of carbonyl (C=O) groups is 1. The summed E-state index contributed by atoms with van der Waals surface area (Å²) in [5, 5.41) is 0. The van der Waals surface area contributed by atoms with Crippen molar-refractivity contribution < 1.29 is 14.3 Å². The second-order valence-corrected chi connectivity index (χ2v) is 3.38. The highest BCUT2D eigenvalue weighted by Gasteiger charge is 1.99. The first kappa shape index (κ1) is 12.5. The van der Waals surface area contributed by atoms with Crippen molar-refractivity contribution in [3.05, 3.63) is 48.0 Å². The van der Waals surface area contributed by atoms with E-state index in [9.17, 15) is 4.79 Å². The molecular formula is C13H16O3. The van der Waals surface area contributed by atoms with E-state index in [-0.39, 0.29) is 12.1 Å². The van der Waals surface area contributed by atoms with Crippen molar-refractivity contribution in [3.63, 3.8) is 0 Å². The third-order valence-corrected chi connectivity index (χ3v) is 2.06. The summed E-state index contributed by atoms with van der Waals surface area (Å²) in [7, 11) is 1.35. The van der Waals surface area contributed by atoms with E-state index in [0.717, 1.165) is 5.56 Å². The Balaban J connectivity index is 2.33. The molecule has 1 aromatic rings. The molecule has 0 heterocycles. The summed E-state index contributed by atoms with van der Waals surface area (Å²) in [6.07, 6.45) is 2.93. The SMILES string of the molecule is COC(=O)/C=C\[C@@H](C)OCc1ccccc1. The molecule has 0 radical (unpaired) electrons. The number of benzene rings is 1. The fraction of sp³-hybridized carbons (Fsp3) is 0.308. The number of carbonyl (C=O) groups excluding carboxylic acids is 1. The van der Waals surface area contributed by atoms with Crippen LogP contribution < -0.4 is 0 Å². The quantitative estimate of drug-likeness (QED) is 0.564. The minimum absolute atomic E-state index is 0.112. The van der Waals surface area contributed by atoms with E-state index < -0.39 is 0 Å². The Morgan fingerprint density at radius 3 is 2.69 bits per heavy atom. The van der Waals surface area contributed by atoms with Gasteiger partial charge in [-0.3, -0.25) is 0 Å². The van der Waals surface area contributed by atoms with E-state index in [1.807, 2.05) is 37.3 Å². The number of esters is 1. The van der Waals surface area contributed by atoms with Crippen LogP contribution >= 0.6 is 0 Å². The van der Waals surface area contributed by atoms with Crippen LogP contribution in [0, 0.1) is 0 Å². The largest absolute Gasteiger partial charge is 0.466 e. The molecule has 0 N–H and O–H groups in total. The predicted molar refractivity (Wildman–Crippen MR) is 61.8 cm³/mol. The zero-order valence-corrected chi connectivity index (χ0v) is 9.55. The van der Waals surface area contributed by atoms with E-state index in [1.54, 1.807) is 6.08 Å². The van der Waals surface area contributed by atoms with Crippen LogP contribution in [-0.2, 0) is 20.9 Å². The van der Waals surface area contributed by atoms with Crippen LogP contribution in [0.5, 0.6) is 0 Å². The number of hydrogen-bond acceptors (Lipinski definition) is 3. The molecule has 0 fully saturated rings. The highest BCUT2D eigenvalue weighted by atomic mass is 16.5. The van der Waals surface area contributed by atoms with Crippen molar-refractivity contribution in [2.45, 2.75) is 19.6 Å². The predicted octanol–water partition coefficient (Wildman–Crippen LogP) is 2.32. The maximum absolute atomic E-state index is 10.8. The summed E-state index contributed by atoms with van der Waals surface area (Å²) in [6.45, 7) is 2.41. The van der Waals surface area contributed by atoms with Gasteiger partial charge in [-0.2, -0.15) is 0 Å². The van der Waals surface area contributed by atoms with Crippen LogP contribution in [0.25, 0.3) is 0 Å². The summed E-state index contributed by atoms with van der Waals surface area (Å²) in [5.41, 5.74) is 1.11. The lowest BCUT2D eigenvalue weighted by Crippen LogP contribution is -2.06. The third-order valence-electron chi connectivity index (χ3n) is 2.06. The molecule has 0 aliphatic heterocycles. The maximum atomic E-state index is 10.8. The Hall–Kier alpha value is -1.61. The van der Waals surface area contributed by atoms with Crippen molar-refractivity contribution in [2.75, 3.05) is 7.11 Å². The topological polar surface area (TPSA) is 35.5 Å². The average Bonchev–Trinajstić information content (AvgIpc) is 2.34. The zero-order valence-electron chi connectivity index (χ0n) is 9.55. The van der Waals surface area contributed by atoms with Crippen LogP contribution in [-0.4, -0.2) is 19.2 Å². The summed E-state index contributed by atoms with van der Waals surface area (Å²) >= 11 is 0. The molecule has 0 unspecified atom stereocenters. The fourth-order valence-corrected chi connectivity index (χ4v) is 1.14. The van der Waals surface area contributed by atoms with E-state index in [4.69, 9.17) is 4.74 Å². The van der Waals surface area contributed by atoms with Gasteiger partial charge in [-0.05, 0) is 18.6 Å². The first-order chi connectivity index (χ1) is 7.72. The normalized spacial score (nSPS) is 12.6. The lowest BCUT2D eigenvalue weighted by molar-refractivity contribution is -0.134. The molecule has 1 atom stereocenters. The first-order valence-corrected chi connectivity index (χ1v) is 5.14. The van der Waals surface area contributed by atoms with Crippen molar-refractivity contribution in [3.8, 4) is 0 Å². The Morgan fingerprint density at radius 2 is 2.06 bits per heavy atom. The molecule has 86 valence electrons. The van der Waals surface area contributed by atoms with Crippen LogP contribution in [0.15, 0.2) is 42.5 Å². The van der Waals surface area contributed by atoms with Gasteiger partial charge in [-0.25, -0.2) is 4.79 Å². The molecular weight excluding hydrogens is 204 g/mol. The average molecular weight is 220 g/mol. The number of ether oxygens (including phenoxy) is 2. The molecule has 0 amide bonds. The van der Waals surface area contributed by atoms with Crippen LogP contribution in [0.4, 0.5) is 0 Å². The molecule has 0 aliphatic rings. The van der Waals surface area contributed by atoms with Gasteiger partial charge in [-0.15, -0.1) is 0 Å². The van der Waals surface area contributed by atoms with Crippen LogP contribution in [0.3, 0.4) is 0 Å². The number of methoxy groups -OCH3 is 1. The Morgan fingerprint density at radius 1 is 1.38 bits per heavy atom. The second kappa shape index (κ2) is 6.80. The summed E-state index contributed by atoms with van der Waals surface area (Å²) in [4.78, 5) is 10.8. The zero-order chi connectivity index (χ0) is 11.8. The molecule has 16 heavy (non-hydrogen) atoms. The molecule has 0 aromatic heterocycles. The van der Waals surface area contributed by atoms with Gasteiger partial charge in [0, 0.05) is 6.08 Å². The monoisotopic (exact) mass is 220 g/mol. The minimum atomic E-state index is -0.366. The smallest absolute Gasteiger partial charge is 0.330 e. The van der Waals surface area contributed by atoms with E-state index in [1.165, 1.54) is 13.2 Å². The van der Waals surface area contributed by atoms with Crippen molar-refractivity contribution in [1.29, 1.82) is 0 Å². The fourth-order valence-electron chi connectivity index (χ4n) is 1.14. The Bertz CT molecular complexity index is 343. The van der Waals surface area contributed by atoms with Gasteiger partial charge >= 0.3 is 5.97 Å². The number of rotatable bonds is 5. The molecule has 1 aromatic carbocycles. The molecule has 1 rings (SSSR count). The van der Waals surface area contributed by atoms with Gasteiger partial charge in [0.05, 0.1) is 19.8 Å². The second-order valence-electron chi connectivity index (χ2n) is 3.38. The van der Waals surface area contributed by atoms with E-state index in [2.05, 4.69) is 4.74 Å². The van der Waals surface area contributed by atoms with Gasteiger partial charge < -0.3 is 9.47 Å². The summed E-state index contributed by atoms with van der Waals surface area (Å²) < 4.78 is 10.0. The summed E-state index contributed by atoms with van der Waals surface area (Å²) in [6, 6.07) is 9.89. The van der Waals surface area contributed by atoms with Gasteiger partial charge in [0.2, 0.25) is 0 Å². The Labute approximate surface area is 95.7 Å². The maximum Gasteiger partial charge on any atom is 0.330 e. The van der Waals surface area contributed by atoms with Gasteiger partial charge in [0.1, 0.15) is 0 Å². The highest BCUT2D eigenvalue weighted by Crippen LogP contribution is 2.03. The third kappa shape index (κ3) is 4.75. The van der Waals surface area contributed by atoms with Crippen molar-refractivity contribution >= 4 is 5.97 Å². The van der Waals surface area contributed by atoms with Gasteiger partial charge in [-0.1, -0.05) is 30.3 Å². The molecule has 0 aliphatic carbocycles. The molecule has 0 saturated heterocycles. The molecule has 3 heteroatoms. The lowest BCUT2D eigenvalue weighted by atomic mass is 10.2.